The summed E-state index contributed by atoms with van der Waals surface area (Å²) in [5, 5.41) is 14.7. The Morgan fingerprint density at radius 1 is 1.44 bits per heavy atom. The summed E-state index contributed by atoms with van der Waals surface area (Å²) in [4.78, 5) is 28.6. The third-order valence-electron chi connectivity index (χ3n) is 4.15. The first-order chi connectivity index (χ1) is 11.9. The summed E-state index contributed by atoms with van der Waals surface area (Å²) in [6, 6.07) is 6.10. The number of non-ortho nitro benzene ring substituents is 1. The van der Waals surface area contributed by atoms with E-state index >= 15 is 0 Å². The Bertz CT molecular complexity index is 744. The Balaban J connectivity index is 1.90. The van der Waals surface area contributed by atoms with Gasteiger partial charge in [0.2, 0.25) is 11.8 Å². The van der Waals surface area contributed by atoms with E-state index in [1.165, 1.54) is 12.1 Å². The van der Waals surface area contributed by atoms with Crippen molar-refractivity contribution in [1.82, 2.24) is 15.0 Å². The van der Waals surface area contributed by atoms with E-state index in [4.69, 9.17) is 4.52 Å². The maximum absolute atomic E-state index is 12.4. The molecule has 1 aromatic carbocycles. The fraction of sp³-hybridized carbons (Fsp3) is 0.471. The van der Waals surface area contributed by atoms with Crippen molar-refractivity contribution in [3.05, 3.63) is 51.7 Å². The van der Waals surface area contributed by atoms with Gasteiger partial charge in [-0.05, 0) is 18.9 Å². The van der Waals surface area contributed by atoms with E-state index in [-0.39, 0.29) is 17.6 Å². The Morgan fingerprint density at radius 2 is 2.20 bits per heavy atom. The standard InChI is InChI=1S/C17H22N4O4/c1-4-15-18-16(25-19-15)9-6-10-17(22)20(3)12(2)13-7-5-8-14(11-13)21(23)24/h5,7-8,11-12H,4,6,9-10H2,1-3H3. The average Bonchev–Trinajstić information content (AvgIpc) is 3.08. The van der Waals surface area contributed by atoms with Gasteiger partial charge in [-0.25, -0.2) is 0 Å². The molecular weight excluding hydrogens is 324 g/mol. The van der Waals surface area contributed by atoms with Gasteiger partial charge in [0.05, 0.1) is 11.0 Å². The van der Waals surface area contributed by atoms with Crippen LogP contribution < -0.4 is 0 Å². The molecule has 1 atom stereocenters. The van der Waals surface area contributed by atoms with Gasteiger partial charge in [0.15, 0.2) is 5.82 Å². The van der Waals surface area contributed by atoms with Gasteiger partial charge in [0, 0.05) is 38.4 Å². The average molecular weight is 346 g/mol. The molecule has 2 rings (SSSR count). The largest absolute Gasteiger partial charge is 0.339 e. The molecule has 0 spiro atoms. The minimum absolute atomic E-state index is 0.0216. The predicted molar refractivity (Wildman–Crippen MR) is 90.9 cm³/mol. The molecule has 25 heavy (non-hydrogen) atoms. The first-order valence-corrected chi connectivity index (χ1v) is 8.23. The molecule has 0 saturated heterocycles. The highest BCUT2D eigenvalue weighted by atomic mass is 16.6. The van der Waals surface area contributed by atoms with Crippen LogP contribution in [-0.2, 0) is 17.6 Å². The number of carbonyl (C=O) groups is 1. The molecular formula is C17H22N4O4. The number of aromatic nitrogens is 2. The van der Waals surface area contributed by atoms with Crippen LogP contribution in [0.3, 0.4) is 0 Å². The quantitative estimate of drug-likeness (QED) is 0.537. The zero-order chi connectivity index (χ0) is 18.4. The molecule has 0 saturated carbocycles. The van der Waals surface area contributed by atoms with Gasteiger partial charge >= 0.3 is 0 Å². The molecule has 1 unspecified atom stereocenters. The second-order valence-corrected chi connectivity index (χ2v) is 5.84. The molecule has 0 aliphatic rings. The van der Waals surface area contributed by atoms with Gasteiger partial charge in [0.1, 0.15) is 0 Å². The molecule has 1 heterocycles. The van der Waals surface area contributed by atoms with E-state index in [1.807, 2.05) is 13.8 Å². The van der Waals surface area contributed by atoms with E-state index < -0.39 is 4.92 Å². The second kappa shape index (κ2) is 8.36. The summed E-state index contributed by atoms with van der Waals surface area (Å²) < 4.78 is 5.10. The third kappa shape index (κ3) is 4.85. The lowest BCUT2D eigenvalue weighted by molar-refractivity contribution is -0.384. The summed E-state index contributed by atoms with van der Waals surface area (Å²) in [5.41, 5.74) is 0.753. The van der Waals surface area contributed by atoms with Crippen molar-refractivity contribution < 1.29 is 14.2 Å². The molecule has 0 aliphatic heterocycles. The Kier molecular flexibility index (Phi) is 6.21. The van der Waals surface area contributed by atoms with Crippen LogP contribution in [0.2, 0.25) is 0 Å². The number of nitrogens with zero attached hydrogens (tertiary/aromatic N) is 4. The summed E-state index contributed by atoms with van der Waals surface area (Å²) >= 11 is 0. The van der Waals surface area contributed by atoms with Crippen molar-refractivity contribution in [2.45, 2.75) is 45.6 Å². The number of hydrogen-bond acceptors (Lipinski definition) is 6. The Labute approximate surface area is 146 Å². The van der Waals surface area contributed by atoms with Crippen molar-refractivity contribution in [2.24, 2.45) is 0 Å². The van der Waals surface area contributed by atoms with E-state index in [9.17, 15) is 14.9 Å². The number of aryl methyl sites for hydroxylation is 2. The van der Waals surface area contributed by atoms with Gasteiger partial charge in [-0.15, -0.1) is 0 Å². The van der Waals surface area contributed by atoms with Gasteiger partial charge in [-0.3, -0.25) is 14.9 Å². The smallest absolute Gasteiger partial charge is 0.269 e. The summed E-state index contributed by atoms with van der Waals surface area (Å²) in [6.45, 7) is 3.80. The third-order valence-corrected chi connectivity index (χ3v) is 4.15. The van der Waals surface area contributed by atoms with Crippen LogP contribution in [0.4, 0.5) is 5.69 Å². The van der Waals surface area contributed by atoms with Gasteiger partial charge in [-0.2, -0.15) is 4.98 Å². The minimum Gasteiger partial charge on any atom is -0.339 e. The number of hydrogen-bond donors (Lipinski definition) is 0. The maximum atomic E-state index is 12.4. The highest BCUT2D eigenvalue weighted by Gasteiger charge is 2.19. The number of benzene rings is 1. The lowest BCUT2D eigenvalue weighted by atomic mass is 10.1. The normalized spacial score (nSPS) is 12.0. The van der Waals surface area contributed by atoms with E-state index in [0.29, 0.717) is 37.4 Å². The molecule has 8 heteroatoms. The molecule has 0 bridgehead atoms. The van der Waals surface area contributed by atoms with Crippen LogP contribution in [0.5, 0.6) is 0 Å². The van der Waals surface area contributed by atoms with E-state index in [0.717, 1.165) is 5.56 Å². The molecule has 0 aliphatic carbocycles. The maximum Gasteiger partial charge on any atom is 0.269 e. The van der Waals surface area contributed by atoms with Crippen LogP contribution >= 0.6 is 0 Å². The number of amides is 1. The van der Waals surface area contributed by atoms with Crippen LogP contribution in [-0.4, -0.2) is 32.9 Å². The first-order valence-electron chi connectivity index (χ1n) is 8.23. The van der Waals surface area contributed by atoms with E-state index in [1.54, 1.807) is 24.1 Å². The summed E-state index contributed by atoms with van der Waals surface area (Å²) in [6.07, 6.45) is 2.22. The van der Waals surface area contributed by atoms with Crippen molar-refractivity contribution in [3.63, 3.8) is 0 Å². The monoisotopic (exact) mass is 346 g/mol. The zero-order valence-corrected chi connectivity index (χ0v) is 14.6. The van der Waals surface area contributed by atoms with E-state index in [2.05, 4.69) is 10.1 Å². The molecule has 0 radical (unpaired) electrons. The summed E-state index contributed by atoms with van der Waals surface area (Å²) in [7, 11) is 1.70. The van der Waals surface area contributed by atoms with Crippen LogP contribution in [0.15, 0.2) is 28.8 Å². The van der Waals surface area contributed by atoms with Crippen molar-refractivity contribution in [1.29, 1.82) is 0 Å². The molecule has 2 aromatic rings. The Hall–Kier alpha value is -2.77. The van der Waals surface area contributed by atoms with Crippen molar-refractivity contribution in [2.75, 3.05) is 7.05 Å². The van der Waals surface area contributed by atoms with Gasteiger partial charge < -0.3 is 9.42 Å². The number of nitro benzene ring substituents is 1. The molecule has 8 nitrogen and oxygen atoms in total. The van der Waals surface area contributed by atoms with Crippen LogP contribution in [0, 0.1) is 10.1 Å². The van der Waals surface area contributed by atoms with Crippen molar-refractivity contribution >= 4 is 11.6 Å². The molecule has 0 N–H and O–H groups in total. The second-order valence-electron chi connectivity index (χ2n) is 5.84. The highest BCUT2D eigenvalue weighted by Crippen LogP contribution is 2.23. The van der Waals surface area contributed by atoms with Crippen LogP contribution in [0.1, 0.15) is 50.0 Å². The lowest BCUT2D eigenvalue weighted by Crippen LogP contribution is -2.29. The van der Waals surface area contributed by atoms with Gasteiger partial charge in [-0.1, -0.05) is 24.2 Å². The topological polar surface area (TPSA) is 102 Å². The highest BCUT2D eigenvalue weighted by molar-refractivity contribution is 5.76. The van der Waals surface area contributed by atoms with Gasteiger partial charge in [0.25, 0.3) is 5.69 Å². The molecule has 1 aromatic heterocycles. The molecule has 1 amide bonds. The van der Waals surface area contributed by atoms with Crippen LogP contribution in [0.25, 0.3) is 0 Å². The number of rotatable bonds is 8. The molecule has 0 fully saturated rings. The lowest BCUT2D eigenvalue weighted by Gasteiger charge is -2.25. The first kappa shape index (κ1) is 18.6. The molecule has 134 valence electrons. The van der Waals surface area contributed by atoms with Crippen molar-refractivity contribution in [3.8, 4) is 0 Å². The zero-order valence-electron chi connectivity index (χ0n) is 14.6. The number of carbonyl (C=O) groups excluding carboxylic acids is 1. The fourth-order valence-electron chi connectivity index (χ4n) is 2.44. The predicted octanol–water partition coefficient (Wildman–Crippen LogP) is 3.08. The fourth-order valence-corrected chi connectivity index (χ4v) is 2.44. The minimum atomic E-state index is -0.438. The number of nitro groups is 1. The SMILES string of the molecule is CCc1noc(CCCC(=O)N(C)C(C)c2cccc([N+](=O)[O-])c2)n1. The summed E-state index contributed by atoms with van der Waals surface area (Å²) in [5.74, 6) is 1.17. The Morgan fingerprint density at radius 3 is 2.84 bits per heavy atom.